The van der Waals surface area contributed by atoms with Crippen LogP contribution in [0.15, 0.2) is 12.2 Å². The van der Waals surface area contributed by atoms with Crippen molar-refractivity contribution in [3.8, 4) is 0 Å². The number of allylic oxidation sites excluding steroid dienone is 1. The number of carbonyl (C=O) groups is 3. The van der Waals surface area contributed by atoms with Crippen LogP contribution in [-0.4, -0.2) is 71.8 Å². The van der Waals surface area contributed by atoms with Crippen LogP contribution in [0.3, 0.4) is 0 Å². The highest BCUT2D eigenvalue weighted by atomic mass is 16.5. The number of methoxy groups -OCH3 is 1. The molecular weight excluding hydrogens is 580 g/mol. The maximum atomic E-state index is 14.4. The van der Waals surface area contributed by atoms with Gasteiger partial charge in [-0.05, 0) is 130 Å². The molecule has 6 aliphatic rings. The number of aliphatic hydroxyl groups excluding tert-OH is 2. The Labute approximate surface area is 276 Å². The molecule has 258 valence electrons. The van der Waals surface area contributed by atoms with Crippen molar-refractivity contribution in [2.24, 2.45) is 56.7 Å². The lowest BCUT2D eigenvalue weighted by Crippen LogP contribution is -2.68. The first-order valence-electron chi connectivity index (χ1n) is 18.2. The van der Waals surface area contributed by atoms with E-state index in [0.717, 1.165) is 70.6 Å². The molecule has 46 heavy (non-hydrogen) atoms. The van der Waals surface area contributed by atoms with Crippen LogP contribution in [-0.2, 0) is 19.1 Å². The number of hydrogen-bond acceptors (Lipinski definition) is 6. The van der Waals surface area contributed by atoms with Gasteiger partial charge in [0.2, 0.25) is 11.8 Å². The molecule has 6 rings (SSSR count). The minimum Gasteiger partial charge on any atom is -0.467 e. The van der Waals surface area contributed by atoms with Crippen molar-refractivity contribution in [2.75, 3.05) is 26.8 Å². The van der Waals surface area contributed by atoms with E-state index in [2.05, 4.69) is 46.5 Å². The second-order valence-corrected chi connectivity index (χ2v) is 17.5. The molecular formula is C38H60N2O6. The van der Waals surface area contributed by atoms with Crippen LogP contribution in [0.5, 0.6) is 0 Å². The van der Waals surface area contributed by atoms with Crippen molar-refractivity contribution in [3.63, 3.8) is 0 Å². The van der Waals surface area contributed by atoms with Crippen molar-refractivity contribution in [3.05, 3.63) is 12.2 Å². The molecule has 5 aliphatic carbocycles. The number of aliphatic hydroxyl groups is 2. The number of ether oxygens (including phenoxy) is 1. The number of rotatable bonds is 6. The normalized spacial score (nSPS) is 48.0. The van der Waals surface area contributed by atoms with Gasteiger partial charge >= 0.3 is 5.97 Å². The summed E-state index contributed by atoms with van der Waals surface area (Å²) in [5.41, 5.74) is 0.396. The van der Waals surface area contributed by atoms with E-state index >= 15 is 0 Å². The van der Waals surface area contributed by atoms with E-state index in [4.69, 9.17) is 4.74 Å². The number of nitrogens with zero attached hydrogens (tertiary/aromatic N) is 1. The van der Waals surface area contributed by atoms with Crippen LogP contribution in [0.25, 0.3) is 0 Å². The Morgan fingerprint density at radius 2 is 1.65 bits per heavy atom. The summed E-state index contributed by atoms with van der Waals surface area (Å²) in [6, 6.07) is -0.564. The number of fused-ring (bicyclic) bond motifs is 7. The van der Waals surface area contributed by atoms with Crippen LogP contribution in [0.2, 0.25) is 0 Å². The van der Waals surface area contributed by atoms with Crippen molar-refractivity contribution < 1.29 is 29.3 Å². The fourth-order valence-electron chi connectivity index (χ4n) is 13.4. The lowest BCUT2D eigenvalue weighted by molar-refractivity contribution is -0.252. The van der Waals surface area contributed by atoms with Crippen LogP contribution in [0.1, 0.15) is 112 Å². The molecule has 8 heteroatoms. The molecule has 2 amide bonds. The quantitative estimate of drug-likeness (QED) is 0.270. The van der Waals surface area contributed by atoms with Gasteiger partial charge in [0.1, 0.15) is 6.04 Å². The molecule has 0 aromatic heterocycles. The first-order valence-corrected chi connectivity index (χ1v) is 18.2. The van der Waals surface area contributed by atoms with Gasteiger partial charge in [-0.15, -0.1) is 0 Å². The Morgan fingerprint density at radius 1 is 0.913 bits per heavy atom. The topological polar surface area (TPSA) is 116 Å². The van der Waals surface area contributed by atoms with Gasteiger partial charge in [-0.1, -0.05) is 39.8 Å². The molecule has 0 aromatic rings. The van der Waals surface area contributed by atoms with Gasteiger partial charge in [-0.25, -0.2) is 4.79 Å². The molecule has 4 unspecified atom stereocenters. The number of likely N-dealkylation sites (tertiary alicyclic amines) is 1. The van der Waals surface area contributed by atoms with E-state index in [1.165, 1.54) is 12.7 Å². The standard InChI is InChI=1S/C38H60N2O6/c1-23(2)24-12-17-38(33(45)39-21-30(43)40-20-8-9-26(40)32(44)46-7)19-18-36(5)25(31(24)38)10-11-28-34(3)15-14-29(42)35(4,22-41)27(34)13-16-37(28,36)6/h24-29,31,41-42H,1,8-22H2,2-7H3,(H,39,45)/t24-,25?,26-,27?,28?,29-,31?,34-,35-,36+,37+,38-/m0/s1. The van der Waals surface area contributed by atoms with Gasteiger partial charge in [-0.2, -0.15) is 0 Å². The lowest BCUT2D eigenvalue weighted by Gasteiger charge is -2.73. The SMILES string of the molecule is C=C(C)[C@@H]1CC[C@]2(C(=O)NCC(=O)N3CCC[C@H]3C(=O)OC)CC[C@]3(C)C(CCC4[C@@]5(C)CC[C@H](O)[C@@](C)(CO)C5CC[C@]43C)C12. The smallest absolute Gasteiger partial charge is 0.328 e. The second-order valence-electron chi connectivity index (χ2n) is 17.5. The van der Waals surface area contributed by atoms with Crippen LogP contribution < -0.4 is 5.32 Å². The van der Waals surface area contributed by atoms with Gasteiger partial charge in [0.15, 0.2) is 0 Å². The number of nitrogens with one attached hydrogen (secondary N) is 1. The van der Waals surface area contributed by atoms with Crippen molar-refractivity contribution >= 4 is 17.8 Å². The molecule has 3 N–H and O–H groups in total. The summed E-state index contributed by atoms with van der Waals surface area (Å²) in [6.45, 7) is 16.7. The molecule has 8 nitrogen and oxygen atoms in total. The maximum absolute atomic E-state index is 14.4. The van der Waals surface area contributed by atoms with E-state index < -0.39 is 23.0 Å². The maximum Gasteiger partial charge on any atom is 0.328 e. The second kappa shape index (κ2) is 11.6. The van der Waals surface area contributed by atoms with E-state index in [0.29, 0.717) is 30.7 Å². The van der Waals surface area contributed by atoms with Gasteiger partial charge < -0.3 is 25.2 Å². The summed E-state index contributed by atoms with van der Waals surface area (Å²) >= 11 is 0. The highest BCUT2D eigenvalue weighted by Crippen LogP contribution is 2.77. The van der Waals surface area contributed by atoms with Gasteiger partial charge in [0, 0.05) is 12.0 Å². The van der Waals surface area contributed by atoms with E-state index in [1.54, 1.807) is 4.90 Å². The number of carbonyl (C=O) groups excluding carboxylic acids is 3. The van der Waals surface area contributed by atoms with E-state index in [1.807, 2.05) is 0 Å². The van der Waals surface area contributed by atoms with Gasteiger partial charge in [0.05, 0.1) is 31.8 Å². The van der Waals surface area contributed by atoms with Crippen molar-refractivity contribution in [1.29, 1.82) is 0 Å². The molecule has 6 fully saturated rings. The minimum atomic E-state index is -0.564. The summed E-state index contributed by atoms with van der Waals surface area (Å²) in [5.74, 6) is 1.06. The highest BCUT2D eigenvalue weighted by molar-refractivity contribution is 5.91. The zero-order valence-electron chi connectivity index (χ0n) is 29.3. The number of esters is 1. The molecule has 0 aromatic carbocycles. The average molecular weight is 641 g/mol. The fourth-order valence-corrected chi connectivity index (χ4v) is 13.4. The largest absolute Gasteiger partial charge is 0.467 e. The highest BCUT2D eigenvalue weighted by Gasteiger charge is 2.72. The van der Waals surface area contributed by atoms with Crippen LogP contribution in [0, 0.1) is 56.7 Å². The summed E-state index contributed by atoms with van der Waals surface area (Å²) in [4.78, 5) is 41.6. The predicted octanol–water partition coefficient (Wildman–Crippen LogP) is 5.26. The first-order chi connectivity index (χ1) is 21.6. The third-order valence-corrected chi connectivity index (χ3v) is 16.1. The van der Waals surface area contributed by atoms with Crippen molar-refractivity contribution in [1.82, 2.24) is 10.2 Å². The van der Waals surface area contributed by atoms with Gasteiger partial charge in [0.25, 0.3) is 0 Å². The summed E-state index contributed by atoms with van der Waals surface area (Å²) in [7, 11) is 1.35. The molecule has 1 aliphatic heterocycles. The van der Waals surface area contributed by atoms with E-state index in [9.17, 15) is 24.6 Å². The molecule has 1 saturated heterocycles. The average Bonchev–Trinajstić information content (AvgIpc) is 3.68. The zero-order chi connectivity index (χ0) is 33.4. The Kier molecular flexibility index (Phi) is 8.56. The monoisotopic (exact) mass is 640 g/mol. The molecule has 0 radical (unpaired) electrons. The Balaban J connectivity index is 1.27. The van der Waals surface area contributed by atoms with Gasteiger partial charge in [-0.3, -0.25) is 9.59 Å². The molecule has 12 atom stereocenters. The summed E-state index contributed by atoms with van der Waals surface area (Å²) < 4.78 is 4.94. The number of amides is 2. The third-order valence-electron chi connectivity index (χ3n) is 16.1. The number of hydrogen-bond donors (Lipinski definition) is 3. The summed E-state index contributed by atoms with van der Waals surface area (Å²) in [5, 5.41) is 24.8. The Hall–Kier alpha value is -1.93. The Bertz CT molecular complexity index is 1270. The molecule has 0 spiro atoms. The Morgan fingerprint density at radius 3 is 2.33 bits per heavy atom. The fraction of sp³-hybridized carbons (Fsp3) is 0.868. The van der Waals surface area contributed by atoms with E-state index in [-0.39, 0.29) is 59.0 Å². The third kappa shape index (κ3) is 4.54. The first kappa shape index (κ1) is 34.0. The van der Waals surface area contributed by atoms with Crippen LogP contribution >= 0.6 is 0 Å². The predicted molar refractivity (Wildman–Crippen MR) is 176 cm³/mol. The van der Waals surface area contributed by atoms with Crippen LogP contribution in [0.4, 0.5) is 0 Å². The minimum absolute atomic E-state index is 0.00777. The van der Waals surface area contributed by atoms with Crippen molar-refractivity contribution in [2.45, 2.75) is 124 Å². The lowest BCUT2D eigenvalue weighted by atomic mass is 9.32. The zero-order valence-corrected chi connectivity index (χ0v) is 29.3. The molecule has 5 saturated carbocycles. The summed E-state index contributed by atoms with van der Waals surface area (Å²) in [6.07, 6.45) is 10.5. The molecule has 1 heterocycles. The molecule has 0 bridgehead atoms.